The molecule has 18 heavy (non-hydrogen) atoms. The maximum Gasteiger partial charge on any atom is 0.123 e. The van der Waals surface area contributed by atoms with E-state index in [9.17, 15) is 4.39 Å². The Bertz CT molecular complexity index is 584. The van der Waals surface area contributed by atoms with E-state index in [-0.39, 0.29) is 10.6 Å². The number of rotatable bonds is 2. The van der Waals surface area contributed by atoms with Crippen LogP contribution in [-0.2, 0) is 0 Å². The second-order valence-corrected chi connectivity index (χ2v) is 5.77. The lowest BCUT2D eigenvalue weighted by Crippen LogP contribution is -1.97. The average molecular weight is 348 g/mol. The summed E-state index contributed by atoms with van der Waals surface area (Å²) < 4.78 is 13.3. The third kappa shape index (κ3) is 2.87. The molecule has 0 aromatic heterocycles. The van der Waals surface area contributed by atoms with Crippen LogP contribution in [0.25, 0.3) is 0 Å². The number of halogens is 4. The molecule has 1 atom stereocenters. The van der Waals surface area contributed by atoms with E-state index in [1.807, 2.05) is 13.0 Å². The molecule has 0 heterocycles. The summed E-state index contributed by atoms with van der Waals surface area (Å²) in [5.41, 5.74) is 2.84. The zero-order chi connectivity index (χ0) is 13.3. The summed E-state index contributed by atoms with van der Waals surface area (Å²) >= 11 is 15.4. The first kappa shape index (κ1) is 13.9. The van der Waals surface area contributed by atoms with E-state index >= 15 is 0 Å². The van der Waals surface area contributed by atoms with Gasteiger partial charge in [-0.2, -0.15) is 0 Å². The Morgan fingerprint density at radius 2 is 1.78 bits per heavy atom. The Hall–Kier alpha value is -0.570. The van der Waals surface area contributed by atoms with E-state index < -0.39 is 0 Å². The quantitative estimate of drug-likeness (QED) is 0.591. The molecule has 0 amide bonds. The molecule has 0 nitrogen and oxygen atoms in total. The van der Waals surface area contributed by atoms with Crippen molar-refractivity contribution in [2.75, 3.05) is 0 Å². The Labute approximate surface area is 124 Å². The number of hydrogen-bond acceptors (Lipinski definition) is 0. The van der Waals surface area contributed by atoms with E-state index in [1.165, 1.54) is 12.1 Å². The van der Waals surface area contributed by atoms with Gasteiger partial charge >= 0.3 is 0 Å². The summed E-state index contributed by atoms with van der Waals surface area (Å²) in [5.74, 6) is -0.250. The summed E-state index contributed by atoms with van der Waals surface area (Å²) in [5, 5.41) is 1.00. The van der Waals surface area contributed by atoms with Gasteiger partial charge in [0.15, 0.2) is 0 Å². The van der Waals surface area contributed by atoms with Gasteiger partial charge in [0, 0.05) is 0 Å². The van der Waals surface area contributed by atoms with Gasteiger partial charge in [-0.05, 0) is 47.9 Å². The molecule has 4 heteroatoms. The highest BCUT2D eigenvalue weighted by molar-refractivity contribution is 9.09. The van der Waals surface area contributed by atoms with E-state index in [2.05, 4.69) is 15.9 Å². The van der Waals surface area contributed by atoms with Crippen molar-refractivity contribution in [1.29, 1.82) is 0 Å². The van der Waals surface area contributed by atoms with Crippen molar-refractivity contribution in [3.8, 4) is 0 Å². The fourth-order valence-electron chi connectivity index (χ4n) is 1.73. The molecule has 0 bridgehead atoms. The fourth-order valence-corrected chi connectivity index (χ4v) is 2.82. The standard InChI is InChI=1S/C14H10BrCl2F/c1-8-2-4-10(18)7-11(8)14(15)9-3-5-12(16)13(17)6-9/h2-7,14H,1H3. The minimum absolute atomic E-state index is 0.108. The summed E-state index contributed by atoms with van der Waals surface area (Å²) in [6, 6.07) is 10.1. The molecule has 2 aromatic carbocycles. The van der Waals surface area contributed by atoms with Crippen LogP contribution >= 0.6 is 39.1 Å². The Morgan fingerprint density at radius 1 is 1.06 bits per heavy atom. The molecule has 0 saturated carbocycles. The van der Waals surface area contributed by atoms with Crippen molar-refractivity contribution in [2.24, 2.45) is 0 Å². The van der Waals surface area contributed by atoms with E-state index in [0.29, 0.717) is 10.0 Å². The predicted octanol–water partition coefficient (Wildman–Crippen LogP) is 5.93. The molecule has 0 N–H and O–H groups in total. The van der Waals surface area contributed by atoms with Gasteiger partial charge in [0.05, 0.1) is 14.9 Å². The molecule has 0 aliphatic rings. The van der Waals surface area contributed by atoms with Crippen LogP contribution < -0.4 is 0 Å². The van der Waals surface area contributed by atoms with Gasteiger partial charge in [-0.1, -0.05) is 51.3 Å². The van der Waals surface area contributed by atoms with Crippen LogP contribution in [0.15, 0.2) is 36.4 Å². The minimum atomic E-state index is -0.250. The normalized spacial score (nSPS) is 12.5. The van der Waals surface area contributed by atoms with Gasteiger partial charge in [0.1, 0.15) is 5.82 Å². The molecule has 2 rings (SSSR count). The van der Waals surface area contributed by atoms with Crippen molar-refractivity contribution < 1.29 is 4.39 Å². The molecule has 0 aliphatic heterocycles. The third-order valence-electron chi connectivity index (χ3n) is 2.75. The molecule has 0 spiro atoms. The molecule has 0 radical (unpaired) electrons. The number of aryl methyl sites for hydroxylation is 1. The first-order valence-corrected chi connectivity index (χ1v) is 7.01. The molecule has 94 valence electrons. The van der Waals surface area contributed by atoms with Crippen LogP contribution in [-0.4, -0.2) is 0 Å². The van der Waals surface area contributed by atoms with Crippen molar-refractivity contribution in [3.63, 3.8) is 0 Å². The Morgan fingerprint density at radius 3 is 2.44 bits per heavy atom. The van der Waals surface area contributed by atoms with Crippen LogP contribution in [0.5, 0.6) is 0 Å². The maximum atomic E-state index is 13.3. The lowest BCUT2D eigenvalue weighted by atomic mass is 10.0. The SMILES string of the molecule is Cc1ccc(F)cc1C(Br)c1ccc(Cl)c(Cl)c1. The van der Waals surface area contributed by atoms with Gasteiger partial charge < -0.3 is 0 Å². The summed E-state index contributed by atoms with van der Waals surface area (Å²) in [6.45, 7) is 1.94. The zero-order valence-corrected chi connectivity index (χ0v) is 12.7. The van der Waals surface area contributed by atoms with Crippen LogP contribution in [0.3, 0.4) is 0 Å². The molecular weight excluding hydrogens is 338 g/mol. The molecule has 0 saturated heterocycles. The largest absolute Gasteiger partial charge is 0.207 e. The maximum absolute atomic E-state index is 13.3. The molecular formula is C14H10BrCl2F. The van der Waals surface area contributed by atoms with Gasteiger partial charge in [0.25, 0.3) is 0 Å². The van der Waals surface area contributed by atoms with Gasteiger partial charge in [-0.25, -0.2) is 4.39 Å². The number of alkyl halides is 1. The average Bonchev–Trinajstić information content (AvgIpc) is 2.35. The highest BCUT2D eigenvalue weighted by Gasteiger charge is 2.14. The van der Waals surface area contributed by atoms with Crippen molar-refractivity contribution >= 4 is 39.1 Å². The summed E-state index contributed by atoms with van der Waals surface area (Å²) in [4.78, 5) is -0.108. The first-order chi connectivity index (χ1) is 8.49. The van der Waals surface area contributed by atoms with Crippen molar-refractivity contribution in [3.05, 3.63) is 69.0 Å². The third-order valence-corrected chi connectivity index (χ3v) is 4.51. The van der Waals surface area contributed by atoms with Crippen LogP contribution in [0.2, 0.25) is 10.0 Å². The zero-order valence-electron chi connectivity index (χ0n) is 9.55. The Kier molecular flexibility index (Phi) is 4.31. The number of benzene rings is 2. The topological polar surface area (TPSA) is 0 Å². The lowest BCUT2D eigenvalue weighted by Gasteiger charge is -2.14. The Balaban J connectivity index is 2.44. The lowest BCUT2D eigenvalue weighted by molar-refractivity contribution is 0.625. The van der Waals surface area contributed by atoms with Crippen molar-refractivity contribution in [2.45, 2.75) is 11.8 Å². The van der Waals surface area contributed by atoms with Gasteiger partial charge in [-0.15, -0.1) is 0 Å². The monoisotopic (exact) mass is 346 g/mol. The van der Waals surface area contributed by atoms with Crippen LogP contribution in [0, 0.1) is 12.7 Å². The van der Waals surface area contributed by atoms with Gasteiger partial charge in [-0.3, -0.25) is 0 Å². The smallest absolute Gasteiger partial charge is 0.123 e. The number of hydrogen-bond donors (Lipinski definition) is 0. The van der Waals surface area contributed by atoms with Crippen molar-refractivity contribution in [1.82, 2.24) is 0 Å². The first-order valence-electron chi connectivity index (χ1n) is 5.34. The highest BCUT2D eigenvalue weighted by atomic mass is 79.9. The highest BCUT2D eigenvalue weighted by Crippen LogP contribution is 2.35. The van der Waals surface area contributed by atoms with E-state index in [4.69, 9.17) is 23.2 Å². The molecule has 0 fully saturated rings. The second-order valence-electron chi connectivity index (χ2n) is 4.04. The van der Waals surface area contributed by atoms with E-state index in [0.717, 1.165) is 16.7 Å². The predicted molar refractivity (Wildman–Crippen MR) is 78.4 cm³/mol. The minimum Gasteiger partial charge on any atom is -0.207 e. The second kappa shape index (κ2) is 5.60. The fraction of sp³-hybridized carbons (Fsp3) is 0.143. The van der Waals surface area contributed by atoms with E-state index in [1.54, 1.807) is 18.2 Å². The summed E-state index contributed by atoms with van der Waals surface area (Å²) in [6.07, 6.45) is 0. The molecule has 2 aromatic rings. The molecule has 1 unspecified atom stereocenters. The van der Waals surface area contributed by atoms with Crippen LogP contribution in [0.4, 0.5) is 4.39 Å². The molecule has 0 aliphatic carbocycles. The van der Waals surface area contributed by atoms with Crippen LogP contribution in [0.1, 0.15) is 21.5 Å². The van der Waals surface area contributed by atoms with Gasteiger partial charge in [0.2, 0.25) is 0 Å². The summed E-state index contributed by atoms with van der Waals surface area (Å²) in [7, 11) is 0.